The molecule has 0 bridgehead atoms. The van der Waals surface area contributed by atoms with Crippen LogP contribution in [-0.2, 0) is 14.6 Å². The largest absolute Gasteiger partial charge is 0.490 e. The fraction of sp³-hybridized carbons (Fsp3) is 0.400. The maximum atomic E-state index is 13.0. The Balaban J connectivity index is 1.49. The second-order valence-corrected chi connectivity index (χ2v) is 13.9. The van der Waals surface area contributed by atoms with Crippen LogP contribution in [0.1, 0.15) is 68.7 Å². The van der Waals surface area contributed by atoms with Crippen LogP contribution in [0.25, 0.3) is 0 Å². The zero-order valence-corrected chi connectivity index (χ0v) is 26.4. The van der Waals surface area contributed by atoms with E-state index in [-0.39, 0.29) is 45.6 Å². The molecule has 3 aromatic rings. The van der Waals surface area contributed by atoms with Crippen LogP contribution in [-0.4, -0.2) is 59.5 Å². The molecule has 1 atom stereocenters. The van der Waals surface area contributed by atoms with Gasteiger partial charge in [0.05, 0.1) is 21.7 Å². The SMILES string of the molecule is CC(C)(C)OC(=O)NC1CCC(Oc2cc(S(C)(=O)=O)ccc2C(O)Nc2cccnc2C(=O)Nc2ccc(Cl)cn2)CC1. The third-order valence-electron chi connectivity index (χ3n) is 6.68. The number of halogens is 1. The summed E-state index contributed by atoms with van der Waals surface area (Å²) in [5.41, 5.74) is -0.122. The van der Waals surface area contributed by atoms with Gasteiger partial charge in [0, 0.05) is 30.3 Å². The van der Waals surface area contributed by atoms with E-state index >= 15 is 0 Å². The van der Waals surface area contributed by atoms with Crippen LogP contribution >= 0.6 is 11.6 Å². The summed E-state index contributed by atoms with van der Waals surface area (Å²) in [5, 5.41) is 20.1. The predicted molar refractivity (Wildman–Crippen MR) is 166 cm³/mol. The zero-order valence-electron chi connectivity index (χ0n) is 24.8. The minimum absolute atomic E-state index is 0.00525. The lowest BCUT2D eigenvalue weighted by molar-refractivity contribution is 0.0469. The lowest BCUT2D eigenvalue weighted by Gasteiger charge is -2.31. The highest BCUT2D eigenvalue weighted by Gasteiger charge is 2.28. The lowest BCUT2D eigenvalue weighted by Crippen LogP contribution is -2.42. The van der Waals surface area contributed by atoms with Crippen LogP contribution in [0, 0.1) is 0 Å². The van der Waals surface area contributed by atoms with Gasteiger partial charge in [-0.25, -0.2) is 23.2 Å². The summed E-state index contributed by atoms with van der Waals surface area (Å²) in [4.78, 5) is 33.4. The van der Waals surface area contributed by atoms with Gasteiger partial charge in [0.15, 0.2) is 21.8 Å². The second kappa shape index (κ2) is 13.8. The van der Waals surface area contributed by atoms with E-state index < -0.39 is 33.7 Å². The topological polar surface area (TPSA) is 169 Å². The molecule has 1 unspecified atom stereocenters. The van der Waals surface area contributed by atoms with E-state index in [0.29, 0.717) is 30.7 Å². The number of carbonyl (C=O) groups is 2. The highest BCUT2D eigenvalue weighted by atomic mass is 35.5. The first-order valence-electron chi connectivity index (χ1n) is 14.0. The van der Waals surface area contributed by atoms with Crippen molar-refractivity contribution >= 4 is 44.9 Å². The van der Waals surface area contributed by atoms with Gasteiger partial charge >= 0.3 is 6.09 Å². The van der Waals surface area contributed by atoms with E-state index in [2.05, 4.69) is 25.9 Å². The summed E-state index contributed by atoms with van der Waals surface area (Å²) in [6.45, 7) is 5.39. The van der Waals surface area contributed by atoms with Crippen LogP contribution in [0.4, 0.5) is 16.3 Å². The molecule has 2 heterocycles. The van der Waals surface area contributed by atoms with Gasteiger partial charge in [-0.2, -0.15) is 0 Å². The van der Waals surface area contributed by atoms with Crippen LogP contribution < -0.4 is 20.7 Å². The maximum absolute atomic E-state index is 13.0. The molecular formula is C30H36ClN5O7S. The number of aliphatic hydroxyl groups excluding tert-OH is 1. The lowest BCUT2D eigenvalue weighted by atomic mass is 9.93. The average molecular weight is 646 g/mol. The van der Waals surface area contributed by atoms with Gasteiger partial charge in [0.2, 0.25) is 0 Å². The van der Waals surface area contributed by atoms with Gasteiger partial charge in [-0.05, 0) is 88.9 Å². The van der Waals surface area contributed by atoms with Gasteiger partial charge in [-0.15, -0.1) is 0 Å². The van der Waals surface area contributed by atoms with Crippen molar-refractivity contribution in [1.29, 1.82) is 0 Å². The first kappa shape index (κ1) is 33.0. The van der Waals surface area contributed by atoms with E-state index in [9.17, 15) is 23.1 Å². The summed E-state index contributed by atoms with van der Waals surface area (Å²) in [5.74, 6) is -0.132. The quantitative estimate of drug-likeness (QED) is 0.230. The number of pyridine rings is 2. The molecule has 1 aromatic carbocycles. The second-order valence-electron chi connectivity index (χ2n) is 11.5. The summed E-state index contributed by atoms with van der Waals surface area (Å²) < 4.78 is 36.3. The number of carbonyl (C=O) groups excluding carboxylic acids is 2. The summed E-state index contributed by atoms with van der Waals surface area (Å²) >= 11 is 5.87. The molecule has 0 radical (unpaired) electrons. The van der Waals surface area contributed by atoms with Crippen molar-refractivity contribution in [2.45, 2.75) is 75.3 Å². The third-order valence-corrected chi connectivity index (χ3v) is 8.01. The molecule has 1 aliphatic carbocycles. The summed E-state index contributed by atoms with van der Waals surface area (Å²) in [6.07, 6.45) is 4.17. The molecular weight excluding hydrogens is 610 g/mol. The molecule has 4 N–H and O–H groups in total. The van der Waals surface area contributed by atoms with Gasteiger partial charge in [-0.1, -0.05) is 11.6 Å². The zero-order chi connectivity index (χ0) is 32.1. The number of nitrogens with one attached hydrogen (secondary N) is 3. The Morgan fingerprint density at radius 3 is 2.43 bits per heavy atom. The Morgan fingerprint density at radius 1 is 1.07 bits per heavy atom. The smallest absolute Gasteiger partial charge is 0.407 e. The Kier molecular flexibility index (Phi) is 10.3. The normalized spacial score (nSPS) is 17.7. The fourth-order valence-electron chi connectivity index (χ4n) is 4.61. The number of aromatic nitrogens is 2. The number of hydrogen-bond acceptors (Lipinski definition) is 10. The monoisotopic (exact) mass is 645 g/mol. The Bertz CT molecular complexity index is 1590. The van der Waals surface area contributed by atoms with Gasteiger partial charge < -0.3 is 30.5 Å². The standard InChI is InChI=1S/C30H36ClN5O7S/c1-30(2,3)43-29(39)34-19-8-10-20(11-9-19)42-24-16-21(44(4,40)41)12-13-22(24)27(37)35-23-6-5-15-32-26(23)28(38)36-25-14-7-18(31)17-33-25/h5-7,12-17,19-20,27,35,37H,8-11H2,1-4H3,(H,34,39)(H,33,36,38). The van der Waals surface area contributed by atoms with Crippen molar-refractivity contribution in [2.24, 2.45) is 0 Å². The highest BCUT2D eigenvalue weighted by molar-refractivity contribution is 7.90. The van der Waals surface area contributed by atoms with E-state index in [4.69, 9.17) is 21.1 Å². The fourth-order valence-corrected chi connectivity index (χ4v) is 5.35. The highest BCUT2D eigenvalue weighted by Crippen LogP contribution is 2.33. The average Bonchev–Trinajstić information content (AvgIpc) is 2.94. The Hall–Kier alpha value is -3.94. The molecule has 236 valence electrons. The number of ether oxygens (including phenoxy) is 2. The van der Waals surface area contributed by atoms with Crippen LogP contribution in [0.3, 0.4) is 0 Å². The van der Waals surface area contributed by atoms with Gasteiger partial charge in [-0.3, -0.25) is 4.79 Å². The molecule has 0 saturated heterocycles. The molecule has 14 heteroatoms. The number of rotatable bonds is 9. The van der Waals surface area contributed by atoms with Gasteiger partial charge in [0.1, 0.15) is 17.2 Å². The van der Waals surface area contributed by atoms with Crippen molar-refractivity contribution in [2.75, 3.05) is 16.9 Å². The molecule has 1 fully saturated rings. The number of aliphatic hydroxyl groups is 1. The minimum atomic E-state index is -3.58. The number of nitrogens with zero attached hydrogens (tertiary/aromatic N) is 2. The maximum Gasteiger partial charge on any atom is 0.407 e. The number of anilines is 2. The number of alkyl carbamates (subject to hydrolysis) is 1. The van der Waals surface area contributed by atoms with Crippen molar-refractivity contribution in [1.82, 2.24) is 15.3 Å². The molecule has 4 rings (SSSR count). The van der Waals surface area contributed by atoms with Crippen LogP contribution in [0.15, 0.2) is 59.8 Å². The number of hydrogen-bond donors (Lipinski definition) is 4. The van der Waals surface area contributed by atoms with E-state index in [1.165, 1.54) is 30.6 Å². The molecule has 0 spiro atoms. The Morgan fingerprint density at radius 2 is 1.80 bits per heavy atom. The third kappa shape index (κ3) is 9.28. The van der Waals surface area contributed by atoms with Crippen molar-refractivity contribution in [3.05, 3.63) is 71.1 Å². The first-order valence-corrected chi connectivity index (χ1v) is 16.3. The molecule has 0 aliphatic heterocycles. The molecule has 1 saturated carbocycles. The molecule has 1 aliphatic rings. The summed E-state index contributed by atoms with van der Waals surface area (Å²) in [7, 11) is -3.58. The van der Waals surface area contributed by atoms with E-state index in [1.807, 2.05) is 0 Å². The van der Waals surface area contributed by atoms with E-state index in [1.54, 1.807) is 45.0 Å². The predicted octanol–water partition coefficient (Wildman–Crippen LogP) is 5.10. The van der Waals surface area contributed by atoms with Crippen molar-refractivity contribution in [3.63, 3.8) is 0 Å². The van der Waals surface area contributed by atoms with Crippen molar-refractivity contribution in [3.8, 4) is 5.75 Å². The number of amides is 2. The number of sulfone groups is 1. The molecule has 2 aromatic heterocycles. The minimum Gasteiger partial charge on any atom is -0.490 e. The number of benzene rings is 1. The summed E-state index contributed by atoms with van der Waals surface area (Å²) in [6, 6.07) is 10.4. The van der Waals surface area contributed by atoms with E-state index in [0.717, 1.165) is 6.26 Å². The Labute approximate surface area is 261 Å². The molecule has 2 amide bonds. The van der Waals surface area contributed by atoms with Gasteiger partial charge in [0.25, 0.3) is 5.91 Å². The molecule has 44 heavy (non-hydrogen) atoms. The first-order chi connectivity index (χ1) is 20.7. The molecule has 12 nitrogen and oxygen atoms in total. The van der Waals surface area contributed by atoms with Crippen LogP contribution in [0.5, 0.6) is 5.75 Å². The van der Waals surface area contributed by atoms with Crippen LogP contribution in [0.2, 0.25) is 5.02 Å². The van der Waals surface area contributed by atoms with Crippen molar-refractivity contribution < 1.29 is 32.6 Å².